The Morgan fingerprint density at radius 3 is 1.86 bits per heavy atom. The van der Waals surface area contributed by atoms with E-state index in [1.807, 2.05) is 6.92 Å². The molecule has 0 spiro atoms. The lowest BCUT2D eigenvalue weighted by Gasteiger charge is -2.29. The molecule has 0 aromatic carbocycles. The van der Waals surface area contributed by atoms with Crippen LogP contribution in [0.1, 0.15) is 84.0 Å². The zero-order valence-electron chi connectivity index (χ0n) is 13.8. The van der Waals surface area contributed by atoms with Crippen molar-refractivity contribution in [3.63, 3.8) is 0 Å². The van der Waals surface area contributed by atoms with Crippen LogP contribution in [0.2, 0.25) is 0 Å². The van der Waals surface area contributed by atoms with Crippen LogP contribution in [0.25, 0.3) is 0 Å². The second kappa shape index (κ2) is 8.17. The molecular formula is C18H33NO2. The van der Waals surface area contributed by atoms with Crippen molar-refractivity contribution in [2.75, 3.05) is 13.1 Å². The molecule has 1 unspecified atom stereocenters. The minimum absolute atomic E-state index is 0.510. The molecule has 122 valence electrons. The third kappa shape index (κ3) is 4.98. The fraction of sp³-hybridized carbons (Fsp3) is 0.944. The van der Waals surface area contributed by atoms with Gasteiger partial charge in [-0.15, -0.1) is 0 Å². The molecule has 3 heteroatoms. The van der Waals surface area contributed by atoms with Gasteiger partial charge in [-0.25, -0.2) is 0 Å². The Bertz CT molecular complexity index is 319. The lowest BCUT2D eigenvalue weighted by molar-refractivity contribution is -0.147. The summed E-state index contributed by atoms with van der Waals surface area (Å²) in [5.41, 5.74) is -0.510. The summed E-state index contributed by atoms with van der Waals surface area (Å²) < 4.78 is 0. The van der Waals surface area contributed by atoms with Gasteiger partial charge >= 0.3 is 5.97 Å². The van der Waals surface area contributed by atoms with E-state index < -0.39 is 11.4 Å². The average Bonchev–Trinajstić information content (AvgIpc) is 2.83. The molecule has 0 aromatic rings. The molecular weight excluding hydrogens is 262 g/mol. The Kier molecular flexibility index (Phi) is 6.53. The Morgan fingerprint density at radius 2 is 1.43 bits per heavy atom. The summed E-state index contributed by atoms with van der Waals surface area (Å²) in [4.78, 5) is 13.9. The van der Waals surface area contributed by atoms with Gasteiger partial charge < -0.3 is 5.11 Å². The topological polar surface area (TPSA) is 40.5 Å². The molecule has 1 N–H and O–H groups in total. The summed E-state index contributed by atoms with van der Waals surface area (Å²) in [5.74, 6) is -0.613. The highest BCUT2D eigenvalue weighted by molar-refractivity contribution is 5.74. The molecule has 1 aliphatic carbocycles. The van der Waals surface area contributed by atoms with Crippen LogP contribution in [-0.2, 0) is 4.79 Å². The summed E-state index contributed by atoms with van der Waals surface area (Å²) in [6.07, 6.45) is 15.8. The normalized spacial score (nSPS) is 31.5. The van der Waals surface area contributed by atoms with E-state index in [4.69, 9.17) is 0 Å². The SMILES string of the molecule is CC1(C(=O)O)CCN(C2CCCCCCCCCCC2)C1. The van der Waals surface area contributed by atoms with Gasteiger partial charge in [0, 0.05) is 12.6 Å². The van der Waals surface area contributed by atoms with Crippen molar-refractivity contribution in [2.45, 2.75) is 90.0 Å². The van der Waals surface area contributed by atoms with Crippen molar-refractivity contribution in [1.82, 2.24) is 4.90 Å². The average molecular weight is 295 g/mol. The largest absolute Gasteiger partial charge is 0.481 e. The fourth-order valence-electron chi connectivity index (χ4n) is 3.99. The van der Waals surface area contributed by atoms with E-state index in [0.717, 1.165) is 19.5 Å². The minimum atomic E-state index is -0.613. The minimum Gasteiger partial charge on any atom is -0.481 e. The van der Waals surface area contributed by atoms with Gasteiger partial charge in [-0.05, 0) is 32.7 Å². The number of nitrogens with zero attached hydrogens (tertiary/aromatic N) is 1. The van der Waals surface area contributed by atoms with E-state index in [1.165, 1.54) is 70.6 Å². The van der Waals surface area contributed by atoms with E-state index in [9.17, 15) is 9.90 Å². The second-order valence-corrected chi connectivity index (χ2v) is 7.50. The van der Waals surface area contributed by atoms with Crippen LogP contribution in [-0.4, -0.2) is 35.1 Å². The highest BCUT2D eigenvalue weighted by Gasteiger charge is 2.42. The number of hydrogen-bond donors (Lipinski definition) is 1. The fourth-order valence-corrected chi connectivity index (χ4v) is 3.99. The number of aliphatic carboxylic acids is 1. The monoisotopic (exact) mass is 295 g/mol. The van der Waals surface area contributed by atoms with Crippen molar-refractivity contribution in [2.24, 2.45) is 5.41 Å². The van der Waals surface area contributed by atoms with Gasteiger partial charge in [-0.3, -0.25) is 9.69 Å². The molecule has 2 rings (SSSR count). The van der Waals surface area contributed by atoms with Gasteiger partial charge in [0.2, 0.25) is 0 Å². The van der Waals surface area contributed by atoms with Gasteiger partial charge in [-0.2, -0.15) is 0 Å². The van der Waals surface area contributed by atoms with Gasteiger partial charge in [0.05, 0.1) is 5.41 Å². The molecule has 21 heavy (non-hydrogen) atoms. The molecule has 1 heterocycles. The van der Waals surface area contributed by atoms with Crippen LogP contribution in [0.15, 0.2) is 0 Å². The number of likely N-dealkylation sites (tertiary alicyclic amines) is 1. The first-order valence-corrected chi connectivity index (χ1v) is 9.09. The first-order valence-electron chi connectivity index (χ1n) is 9.09. The molecule has 0 amide bonds. The van der Waals surface area contributed by atoms with Crippen molar-refractivity contribution in [3.05, 3.63) is 0 Å². The number of hydrogen-bond acceptors (Lipinski definition) is 2. The van der Waals surface area contributed by atoms with Crippen molar-refractivity contribution in [3.8, 4) is 0 Å². The lowest BCUT2D eigenvalue weighted by Crippen LogP contribution is -2.37. The quantitative estimate of drug-likeness (QED) is 0.818. The van der Waals surface area contributed by atoms with Crippen LogP contribution in [0.5, 0.6) is 0 Å². The highest BCUT2D eigenvalue weighted by atomic mass is 16.4. The van der Waals surface area contributed by atoms with Crippen molar-refractivity contribution < 1.29 is 9.90 Å². The maximum atomic E-state index is 11.4. The molecule has 2 aliphatic rings. The zero-order chi connectivity index (χ0) is 15.1. The predicted octanol–water partition coefficient (Wildman–Crippen LogP) is 4.46. The van der Waals surface area contributed by atoms with Crippen molar-refractivity contribution >= 4 is 5.97 Å². The Balaban J connectivity index is 1.87. The molecule has 0 aromatic heterocycles. The number of carbonyl (C=O) groups is 1. The molecule has 3 nitrogen and oxygen atoms in total. The molecule has 1 aliphatic heterocycles. The van der Waals surface area contributed by atoms with Gasteiger partial charge in [0.25, 0.3) is 0 Å². The maximum Gasteiger partial charge on any atom is 0.310 e. The molecule has 1 saturated heterocycles. The smallest absolute Gasteiger partial charge is 0.310 e. The van der Waals surface area contributed by atoms with Crippen molar-refractivity contribution in [1.29, 1.82) is 0 Å². The molecule has 1 atom stereocenters. The van der Waals surface area contributed by atoms with Gasteiger partial charge in [-0.1, -0.05) is 57.8 Å². The van der Waals surface area contributed by atoms with E-state index in [-0.39, 0.29) is 0 Å². The molecule has 1 saturated carbocycles. The predicted molar refractivity (Wildman–Crippen MR) is 86.5 cm³/mol. The zero-order valence-corrected chi connectivity index (χ0v) is 13.8. The molecule has 0 radical (unpaired) electrons. The maximum absolute atomic E-state index is 11.4. The van der Waals surface area contributed by atoms with Crippen LogP contribution < -0.4 is 0 Å². The summed E-state index contributed by atoms with van der Waals surface area (Å²) in [5, 5.41) is 9.41. The van der Waals surface area contributed by atoms with E-state index in [1.54, 1.807) is 0 Å². The Morgan fingerprint density at radius 1 is 0.952 bits per heavy atom. The lowest BCUT2D eigenvalue weighted by atomic mass is 9.90. The van der Waals surface area contributed by atoms with E-state index in [0.29, 0.717) is 6.04 Å². The summed E-state index contributed by atoms with van der Waals surface area (Å²) in [7, 11) is 0. The number of carboxylic acids is 1. The standard InChI is InChI=1S/C18H33NO2/c1-18(17(20)21)13-14-19(15-18)16-11-9-7-5-3-2-4-6-8-10-12-16/h16H,2-15H2,1H3,(H,20,21). The summed E-state index contributed by atoms with van der Waals surface area (Å²) >= 11 is 0. The van der Waals surface area contributed by atoms with Crippen LogP contribution in [0.4, 0.5) is 0 Å². The highest BCUT2D eigenvalue weighted by Crippen LogP contribution is 2.33. The van der Waals surface area contributed by atoms with Crippen LogP contribution >= 0.6 is 0 Å². The number of carboxylic acid groups (broad SMARTS) is 1. The first kappa shape index (κ1) is 16.8. The third-order valence-corrected chi connectivity index (χ3v) is 5.61. The van der Waals surface area contributed by atoms with E-state index in [2.05, 4.69) is 4.90 Å². The van der Waals surface area contributed by atoms with E-state index >= 15 is 0 Å². The first-order chi connectivity index (χ1) is 10.1. The summed E-state index contributed by atoms with van der Waals surface area (Å²) in [6.45, 7) is 3.66. The van der Waals surface area contributed by atoms with Gasteiger partial charge in [0.15, 0.2) is 0 Å². The second-order valence-electron chi connectivity index (χ2n) is 7.50. The van der Waals surface area contributed by atoms with Gasteiger partial charge in [0.1, 0.15) is 0 Å². The molecule has 2 fully saturated rings. The number of rotatable bonds is 2. The summed E-state index contributed by atoms with van der Waals surface area (Å²) in [6, 6.07) is 0.630. The Hall–Kier alpha value is -0.570. The molecule has 0 bridgehead atoms. The van der Waals surface area contributed by atoms with Crippen LogP contribution in [0, 0.1) is 5.41 Å². The van der Waals surface area contributed by atoms with Crippen LogP contribution in [0.3, 0.4) is 0 Å². The Labute approximate surface area is 130 Å². The third-order valence-electron chi connectivity index (χ3n) is 5.61.